The Labute approximate surface area is 162 Å². The van der Waals surface area contributed by atoms with Crippen LogP contribution in [0.5, 0.6) is 5.75 Å². The topological polar surface area (TPSA) is 124 Å². The lowest BCUT2D eigenvalue weighted by molar-refractivity contribution is -0.152. The van der Waals surface area contributed by atoms with Gasteiger partial charge in [0.05, 0.1) is 6.61 Å². The van der Waals surface area contributed by atoms with Crippen molar-refractivity contribution in [3.63, 3.8) is 0 Å². The molecule has 150 valence electrons. The average molecular weight is 389 g/mol. The number of aryl methyl sites for hydroxylation is 1. The number of rotatable bonds is 8. The van der Waals surface area contributed by atoms with E-state index in [0.717, 1.165) is 11.3 Å². The number of carboxylic acids is 1. The summed E-state index contributed by atoms with van der Waals surface area (Å²) in [5.41, 5.74) is -0.493. The van der Waals surface area contributed by atoms with Crippen molar-refractivity contribution in [3.05, 3.63) is 30.2 Å². The number of carboxylic acid groups (broad SMARTS) is 1. The zero-order valence-corrected chi connectivity index (χ0v) is 15.6. The predicted octanol–water partition coefficient (Wildman–Crippen LogP) is 1.82. The Kier molecular flexibility index (Phi) is 6.25. The number of nitrogens with one attached hydrogen (secondary N) is 1. The van der Waals surface area contributed by atoms with Crippen LogP contribution in [0.1, 0.15) is 32.1 Å². The van der Waals surface area contributed by atoms with E-state index in [2.05, 4.69) is 15.5 Å². The number of carbonyl (C=O) groups is 2. The average Bonchev–Trinajstić information content (AvgIpc) is 3.17. The molecule has 1 saturated heterocycles. The van der Waals surface area contributed by atoms with Gasteiger partial charge in [0.25, 0.3) is 0 Å². The fourth-order valence-corrected chi connectivity index (χ4v) is 3.00. The van der Waals surface area contributed by atoms with E-state index in [-0.39, 0.29) is 31.6 Å². The SMILES string of the molecule is CCOc1ccc(-c2noc(CCC(=O)NC3(C(=O)O)CCOCC3)n2)cc1. The summed E-state index contributed by atoms with van der Waals surface area (Å²) in [7, 11) is 0. The second-order valence-corrected chi connectivity index (χ2v) is 6.52. The number of benzene rings is 1. The number of aromatic nitrogens is 2. The molecule has 0 spiro atoms. The summed E-state index contributed by atoms with van der Waals surface area (Å²) in [5, 5.41) is 16.1. The summed E-state index contributed by atoms with van der Waals surface area (Å²) in [6.07, 6.45) is 0.774. The molecule has 1 aromatic heterocycles. The fraction of sp³-hybridized carbons (Fsp3) is 0.474. The van der Waals surface area contributed by atoms with Crippen LogP contribution in [0.15, 0.2) is 28.8 Å². The van der Waals surface area contributed by atoms with Gasteiger partial charge in [-0.05, 0) is 31.2 Å². The van der Waals surface area contributed by atoms with E-state index in [1.807, 2.05) is 31.2 Å². The van der Waals surface area contributed by atoms with Crippen LogP contribution in [0.2, 0.25) is 0 Å². The standard InChI is InChI=1S/C19H23N3O6/c1-2-27-14-5-3-13(4-6-14)17-20-16(28-22-17)8-7-15(23)21-19(18(24)25)9-11-26-12-10-19/h3-6H,2,7-12H2,1H3,(H,21,23)(H,24,25). The summed E-state index contributed by atoms with van der Waals surface area (Å²) in [6.45, 7) is 3.11. The molecule has 1 aromatic carbocycles. The zero-order chi connectivity index (χ0) is 20.0. The first kappa shape index (κ1) is 19.8. The van der Waals surface area contributed by atoms with Gasteiger partial charge >= 0.3 is 5.97 Å². The van der Waals surface area contributed by atoms with Crippen LogP contribution in [-0.2, 0) is 20.7 Å². The molecule has 2 aromatic rings. The molecule has 0 radical (unpaired) electrons. The molecule has 0 atom stereocenters. The van der Waals surface area contributed by atoms with Gasteiger partial charge in [-0.2, -0.15) is 4.98 Å². The second-order valence-electron chi connectivity index (χ2n) is 6.52. The van der Waals surface area contributed by atoms with Crippen LogP contribution in [0.25, 0.3) is 11.4 Å². The molecule has 1 aliphatic rings. The van der Waals surface area contributed by atoms with Crippen molar-refractivity contribution < 1.29 is 28.7 Å². The van der Waals surface area contributed by atoms with Crippen molar-refractivity contribution in [1.82, 2.24) is 15.5 Å². The molecule has 0 unspecified atom stereocenters. The van der Waals surface area contributed by atoms with Crippen LogP contribution >= 0.6 is 0 Å². The van der Waals surface area contributed by atoms with Crippen LogP contribution in [-0.4, -0.2) is 52.5 Å². The van der Waals surface area contributed by atoms with Gasteiger partial charge in [0.2, 0.25) is 17.6 Å². The van der Waals surface area contributed by atoms with E-state index >= 15 is 0 Å². The van der Waals surface area contributed by atoms with Crippen LogP contribution in [0, 0.1) is 0 Å². The third-order valence-electron chi connectivity index (χ3n) is 4.59. The van der Waals surface area contributed by atoms with Crippen molar-refractivity contribution in [1.29, 1.82) is 0 Å². The molecule has 3 rings (SSSR count). The Morgan fingerprint density at radius 3 is 2.61 bits per heavy atom. The largest absolute Gasteiger partial charge is 0.494 e. The molecule has 0 aliphatic carbocycles. The lowest BCUT2D eigenvalue weighted by atomic mass is 9.90. The molecule has 2 heterocycles. The van der Waals surface area contributed by atoms with E-state index in [4.69, 9.17) is 14.0 Å². The third-order valence-corrected chi connectivity index (χ3v) is 4.59. The van der Waals surface area contributed by atoms with E-state index in [1.165, 1.54) is 0 Å². The van der Waals surface area contributed by atoms with E-state index in [0.29, 0.717) is 31.5 Å². The van der Waals surface area contributed by atoms with Gasteiger partial charge in [0, 0.05) is 44.5 Å². The molecular weight excluding hydrogens is 366 g/mol. The first-order valence-electron chi connectivity index (χ1n) is 9.20. The Morgan fingerprint density at radius 1 is 1.25 bits per heavy atom. The monoisotopic (exact) mass is 389 g/mol. The van der Waals surface area contributed by atoms with E-state index in [9.17, 15) is 14.7 Å². The summed E-state index contributed by atoms with van der Waals surface area (Å²) >= 11 is 0. The predicted molar refractivity (Wildman–Crippen MR) is 97.8 cm³/mol. The first-order chi connectivity index (χ1) is 13.5. The van der Waals surface area contributed by atoms with Crippen LogP contribution in [0.3, 0.4) is 0 Å². The minimum Gasteiger partial charge on any atom is -0.494 e. The normalized spacial score (nSPS) is 15.8. The minimum atomic E-state index is -1.27. The fourth-order valence-electron chi connectivity index (χ4n) is 3.00. The van der Waals surface area contributed by atoms with Gasteiger partial charge in [-0.25, -0.2) is 4.79 Å². The highest BCUT2D eigenvalue weighted by atomic mass is 16.5. The lowest BCUT2D eigenvalue weighted by Gasteiger charge is -2.33. The van der Waals surface area contributed by atoms with E-state index in [1.54, 1.807) is 0 Å². The lowest BCUT2D eigenvalue weighted by Crippen LogP contribution is -2.57. The van der Waals surface area contributed by atoms with Gasteiger partial charge in [0.15, 0.2) is 0 Å². The van der Waals surface area contributed by atoms with Crippen molar-refractivity contribution in [2.24, 2.45) is 0 Å². The molecule has 2 N–H and O–H groups in total. The number of carbonyl (C=O) groups excluding carboxylic acids is 1. The molecule has 1 aliphatic heterocycles. The van der Waals surface area contributed by atoms with Crippen molar-refractivity contribution in [2.75, 3.05) is 19.8 Å². The van der Waals surface area contributed by atoms with Crippen molar-refractivity contribution in [2.45, 2.75) is 38.1 Å². The maximum Gasteiger partial charge on any atom is 0.329 e. The van der Waals surface area contributed by atoms with Gasteiger partial charge in [-0.1, -0.05) is 5.16 Å². The molecule has 28 heavy (non-hydrogen) atoms. The van der Waals surface area contributed by atoms with Crippen molar-refractivity contribution >= 4 is 11.9 Å². The Morgan fingerprint density at radius 2 is 1.96 bits per heavy atom. The molecule has 1 amide bonds. The van der Waals surface area contributed by atoms with Gasteiger partial charge in [-0.15, -0.1) is 0 Å². The second kappa shape index (κ2) is 8.83. The molecule has 0 saturated carbocycles. The molecule has 9 nitrogen and oxygen atoms in total. The van der Waals surface area contributed by atoms with Crippen LogP contribution in [0.4, 0.5) is 0 Å². The summed E-state index contributed by atoms with van der Waals surface area (Å²) in [5.74, 6) is 0.0808. The van der Waals surface area contributed by atoms with Crippen molar-refractivity contribution in [3.8, 4) is 17.1 Å². The highest BCUT2D eigenvalue weighted by Gasteiger charge is 2.41. The van der Waals surface area contributed by atoms with Gasteiger partial charge in [0.1, 0.15) is 11.3 Å². The number of ether oxygens (including phenoxy) is 2. The first-order valence-corrected chi connectivity index (χ1v) is 9.20. The highest BCUT2D eigenvalue weighted by Crippen LogP contribution is 2.22. The number of hydrogen-bond acceptors (Lipinski definition) is 7. The smallest absolute Gasteiger partial charge is 0.329 e. The van der Waals surface area contributed by atoms with Gasteiger partial charge < -0.3 is 24.4 Å². The Balaban J connectivity index is 1.56. The molecular formula is C19H23N3O6. The van der Waals surface area contributed by atoms with Crippen LogP contribution < -0.4 is 10.1 Å². The maximum atomic E-state index is 12.3. The number of aliphatic carboxylic acids is 1. The third kappa shape index (κ3) is 4.66. The number of amides is 1. The van der Waals surface area contributed by atoms with E-state index < -0.39 is 11.5 Å². The van der Waals surface area contributed by atoms with Gasteiger partial charge in [-0.3, -0.25) is 4.79 Å². The molecule has 1 fully saturated rings. The quantitative estimate of drug-likeness (QED) is 0.701. The summed E-state index contributed by atoms with van der Waals surface area (Å²) in [4.78, 5) is 28.1. The Hall–Kier alpha value is -2.94. The minimum absolute atomic E-state index is 0.0563. The highest BCUT2D eigenvalue weighted by molar-refractivity contribution is 5.87. The zero-order valence-electron chi connectivity index (χ0n) is 15.6. The Bertz CT molecular complexity index is 811. The number of nitrogens with zero attached hydrogens (tertiary/aromatic N) is 2. The number of hydrogen-bond donors (Lipinski definition) is 2. The molecule has 0 bridgehead atoms. The maximum absolute atomic E-state index is 12.3. The molecule has 9 heteroatoms. The summed E-state index contributed by atoms with van der Waals surface area (Å²) in [6, 6.07) is 7.30. The summed E-state index contributed by atoms with van der Waals surface area (Å²) < 4.78 is 15.8.